The van der Waals surface area contributed by atoms with Gasteiger partial charge in [0.2, 0.25) is 0 Å². The van der Waals surface area contributed by atoms with Crippen molar-refractivity contribution in [1.82, 2.24) is 14.5 Å². The van der Waals surface area contributed by atoms with Gasteiger partial charge in [-0.25, -0.2) is 4.98 Å². The van der Waals surface area contributed by atoms with Gasteiger partial charge in [0.25, 0.3) is 11.7 Å². The molecule has 7 nitrogen and oxygen atoms in total. The molecule has 156 valence electrons. The first-order valence-corrected chi connectivity index (χ1v) is 9.95. The SMILES string of the molecule is COc1ccc(Cn2cc(C(=O)C(=O)Nc3c(Cl)cncc3Cl)c3cccnc32)cc1. The Labute approximate surface area is 187 Å². The number of ether oxygens (including phenoxy) is 1. The molecule has 0 unspecified atom stereocenters. The Kier molecular flexibility index (Phi) is 5.88. The summed E-state index contributed by atoms with van der Waals surface area (Å²) in [6.45, 7) is 0.467. The average molecular weight is 455 g/mol. The van der Waals surface area contributed by atoms with Crippen LogP contribution in [0, 0.1) is 0 Å². The molecule has 0 aliphatic rings. The van der Waals surface area contributed by atoms with Crippen LogP contribution in [0.1, 0.15) is 15.9 Å². The van der Waals surface area contributed by atoms with Gasteiger partial charge in [-0.1, -0.05) is 35.3 Å². The van der Waals surface area contributed by atoms with Crippen LogP contribution in [0.5, 0.6) is 5.75 Å². The number of amides is 1. The Balaban J connectivity index is 1.65. The number of methoxy groups -OCH3 is 1. The number of carbonyl (C=O) groups is 2. The molecule has 4 aromatic rings. The summed E-state index contributed by atoms with van der Waals surface area (Å²) in [5, 5.41) is 3.32. The van der Waals surface area contributed by atoms with E-state index in [0.717, 1.165) is 11.3 Å². The number of halogens is 2. The summed E-state index contributed by atoms with van der Waals surface area (Å²) in [5.74, 6) is -0.835. The van der Waals surface area contributed by atoms with Crippen LogP contribution in [-0.4, -0.2) is 33.3 Å². The second-order valence-electron chi connectivity index (χ2n) is 6.65. The van der Waals surface area contributed by atoms with Gasteiger partial charge in [-0.15, -0.1) is 0 Å². The molecule has 0 saturated carbocycles. The number of fused-ring (bicyclic) bond motifs is 1. The molecular formula is C22H16Cl2N4O3. The summed E-state index contributed by atoms with van der Waals surface area (Å²) in [6, 6.07) is 11.0. The van der Waals surface area contributed by atoms with Crippen molar-refractivity contribution in [3.63, 3.8) is 0 Å². The van der Waals surface area contributed by atoms with Crippen molar-refractivity contribution in [2.45, 2.75) is 6.54 Å². The van der Waals surface area contributed by atoms with Crippen LogP contribution >= 0.6 is 23.2 Å². The third-order valence-corrected chi connectivity index (χ3v) is 5.26. The number of aromatic nitrogens is 3. The minimum absolute atomic E-state index is 0.136. The molecule has 0 atom stereocenters. The predicted octanol–water partition coefficient (Wildman–Crippen LogP) is 4.62. The van der Waals surface area contributed by atoms with Gasteiger partial charge in [-0.3, -0.25) is 14.6 Å². The Hall–Kier alpha value is -3.42. The van der Waals surface area contributed by atoms with E-state index in [4.69, 9.17) is 27.9 Å². The number of Topliss-reactive ketones (excluding diaryl/α,β-unsaturated/α-hetero) is 1. The Morgan fingerprint density at radius 1 is 1.10 bits per heavy atom. The van der Waals surface area contributed by atoms with Gasteiger partial charge in [-0.05, 0) is 29.8 Å². The molecule has 0 radical (unpaired) electrons. The fraction of sp³-hybridized carbons (Fsp3) is 0.0909. The van der Waals surface area contributed by atoms with E-state index in [0.29, 0.717) is 17.6 Å². The minimum atomic E-state index is -0.859. The first-order chi connectivity index (χ1) is 15.0. The molecule has 4 rings (SSSR count). The highest BCUT2D eigenvalue weighted by Crippen LogP contribution is 2.29. The Morgan fingerprint density at radius 3 is 2.48 bits per heavy atom. The monoisotopic (exact) mass is 454 g/mol. The van der Waals surface area contributed by atoms with E-state index in [9.17, 15) is 9.59 Å². The largest absolute Gasteiger partial charge is 0.497 e. The van der Waals surface area contributed by atoms with Crippen molar-refractivity contribution < 1.29 is 14.3 Å². The fourth-order valence-corrected chi connectivity index (χ4v) is 3.63. The second-order valence-corrected chi connectivity index (χ2v) is 7.47. The second kappa shape index (κ2) is 8.75. The summed E-state index contributed by atoms with van der Waals surface area (Å²) >= 11 is 12.1. The standard InChI is InChI=1S/C22H16Cl2N4O3/c1-31-14-6-4-13(5-7-14)11-28-12-16(15-3-2-8-26-21(15)28)20(29)22(30)27-19-17(23)9-25-10-18(19)24/h2-10,12H,11H2,1H3,(H,25,27,30). The molecule has 31 heavy (non-hydrogen) atoms. The van der Waals surface area contributed by atoms with Gasteiger partial charge in [0, 0.05) is 36.7 Å². The van der Waals surface area contributed by atoms with Crippen molar-refractivity contribution in [1.29, 1.82) is 0 Å². The number of nitrogens with one attached hydrogen (secondary N) is 1. The van der Waals surface area contributed by atoms with Crippen molar-refractivity contribution in [2.24, 2.45) is 0 Å². The molecule has 3 aromatic heterocycles. The average Bonchev–Trinajstić information content (AvgIpc) is 3.14. The molecule has 0 aliphatic carbocycles. The lowest BCUT2D eigenvalue weighted by molar-refractivity contribution is -0.112. The van der Waals surface area contributed by atoms with Gasteiger partial charge < -0.3 is 14.6 Å². The van der Waals surface area contributed by atoms with Gasteiger partial charge in [-0.2, -0.15) is 0 Å². The van der Waals surface area contributed by atoms with Gasteiger partial charge in [0.1, 0.15) is 11.4 Å². The number of rotatable bonds is 6. The molecule has 0 spiro atoms. The van der Waals surface area contributed by atoms with Crippen LogP contribution in [-0.2, 0) is 11.3 Å². The van der Waals surface area contributed by atoms with E-state index in [1.165, 1.54) is 12.4 Å². The Morgan fingerprint density at radius 2 is 1.81 bits per heavy atom. The highest BCUT2D eigenvalue weighted by atomic mass is 35.5. The van der Waals surface area contributed by atoms with E-state index in [1.807, 2.05) is 28.8 Å². The quantitative estimate of drug-likeness (QED) is 0.339. The van der Waals surface area contributed by atoms with Gasteiger partial charge in [0.15, 0.2) is 0 Å². The maximum Gasteiger partial charge on any atom is 0.296 e. The molecule has 9 heteroatoms. The van der Waals surface area contributed by atoms with Crippen molar-refractivity contribution in [3.8, 4) is 5.75 Å². The smallest absolute Gasteiger partial charge is 0.296 e. The highest BCUT2D eigenvalue weighted by molar-refractivity contribution is 6.50. The number of hydrogen-bond donors (Lipinski definition) is 1. The molecule has 1 N–H and O–H groups in total. The molecule has 1 aromatic carbocycles. The third-order valence-electron chi connectivity index (χ3n) is 4.69. The summed E-state index contributed by atoms with van der Waals surface area (Å²) in [4.78, 5) is 33.8. The lowest BCUT2D eigenvalue weighted by atomic mass is 10.1. The van der Waals surface area contributed by atoms with Gasteiger partial charge >= 0.3 is 0 Å². The first kappa shape index (κ1) is 20.8. The zero-order chi connectivity index (χ0) is 22.0. The number of nitrogens with zero attached hydrogens (tertiary/aromatic N) is 3. The summed E-state index contributed by atoms with van der Waals surface area (Å²) < 4.78 is 7.01. The van der Waals surface area contributed by atoms with Crippen LogP contribution in [0.4, 0.5) is 5.69 Å². The van der Waals surface area contributed by atoms with Gasteiger partial charge in [0.05, 0.1) is 28.4 Å². The molecule has 3 heterocycles. The summed E-state index contributed by atoms with van der Waals surface area (Å²) in [7, 11) is 1.60. The molecule has 0 saturated heterocycles. The van der Waals surface area contributed by atoms with Crippen LogP contribution in [0.25, 0.3) is 11.0 Å². The zero-order valence-corrected chi connectivity index (χ0v) is 17.8. The van der Waals surface area contributed by atoms with E-state index in [2.05, 4.69) is 15.3 Å². The van der Waals surface area contributed by atoms with E-state index < -0.39 is 11.7 Å². The molecular weight excluding hydrogens is 439 g/mol. The highest BCUT2D eigenvalue weighted by Gasteiger charge is 2.23. The van der Waals surface area contributed by atoms with Crippen LogP contribution in [0.3, 0.4) is 0 Å². The maximum absolute atomic E-state index is 13.0. The number of carbonyl (C=O) groups excluding carboxylic acids is 2. The number of ketones is 1. The normalized spacial score (nSPS) is 10.8. The lowest BCUT2D eigenvalue weighted by Crippen LogP contribution is -2.23. The van der Waals surface area contributed by atoms with E-state index >= 15 is 0 Å². The zero-order valence-electron chi connectivity index (χ0n) is 16.3. The fourth-order valence-electron chi connectivity index (χ4n) is 3.18. The number of hydrogen-bond acceptors (Lipinski definition) is 5. The van der Waals surface area contributed by atoms with Crippen molar-refractivity contribution >= 4 is 51.6 Å². The Bertz CT molecular complexity index is 1270. The summed E-state index contributed by atoms with van der Waals surface area (Å²) in [5.41, 5.74) is 1.95. The van der Waals surface area contributed by atoms with Crippen LogP contribution in [0.15, 0.2) is 61.2 Å². The molecule has 1 amide bonds. The number of pyridine rings is 2. The molecule has 0 bridgehead atoms. The molecule has 0 aliphatic heterocycles. The van der Waals surface area contributed by atoms with E-state index in [-0.39, 0.29) is 21.3 Å². The summed E-state index contributed by atoms with van der Waals surface area (Å²) in [6.07, 6.45) is 5.92. The van der Waals surface area contributed by atoms with Crippen molar-refractivity contribution in [3.05, 3.63) is 82.4 Å². The lowest BCUT2D eigenvalue weighted by Gasteiger charge is -2.07. The third kappa shape index (κ3) is 4.23. The molecule has 0 fully saturated rings. The minimum Gasteiger partial charge on any atom is -0.497 e. The van der Waals surface area contributed by atoms with Crippen LogP contribution in [0.2, 0.25) is 10.0 Å². The topological polar surface area (TPSA) is 86.1 Å². The van der Waals surface area contributed by atoms with Crippen molar-refractivity contribution in [2.75, 3.05) is 12.4 Å². The maximum atomic E-state index is 13.0. The number of benzene rings is 1. The van der Waals surface area contributed by atoms with E-state index in [1.54, 1.807) is 31.6 Å². The first-order valence-electron chi connectivity index (χ1n) is 9.19. The predicted molar refractivity (Wildman–Crippen MR) is 119 cm³/mol. The van der Waals surface area contributed by atoms with Crippen LogP contribution < -0.4 is 10.1 Å². The number of anilines is 1.